The van der Waals surface area contributed by atoms with Crippen LogP contribution >= 0.6 is 27.5 Å². The summed E-state index contributed by atoms with van der Waals surface area (Å²) in [6.07, 6.45) is 1.17. The molecule has 0 unspecified atom stereocenters. The van der Waals surface area contributed by atoms with E-state index in [-0.39, 0.29) is 6.61 Å². The van der Waals surface area contributed by atoms with Crippen LogP contribution in [0.3, 0.4) is 0 Å². The Morgan fingerprint density at radius 1 is 1.23 bits per heavy atom. The Morgan fingerprint density at radius 3 is 2.67 bits per heavy atom. The molecule has 0 atom stereocenters. The molecule has 4 rings (SSSR count). The van der Waals surface area contributed by atoms with Gasteiger partial charge in [0.2, 0.25) is 0 Å². The van der Waals surface area contributed by atoms with Crippen LogP contribution in [0.5, 0.6) is 5.75 Å². The second-order valence-electron chi connectivity index (χ2n) is 8.07. The number of anilines is 3. The lowest BCUT2D eigenvalue weighted by atomic mass is 10.1. The quantitative estimate of drug-likeness (QED) is 0.534. The van der Waals surface area contributed by atoms with Crippen molar-refractivity contribution in [2.75, 3.05) is 36.1 Å². The van der Waals surface area contributed by atoms with Gasteiger partial charge in [-0.3, -0.25) is 0 Å². The first-order valence-corrected chi connectivity index (χ1v) is 10.9. The number of ether oxygens (including phenoxy) is 3. The van der Waals surface area contributed by atoms with Gasteiger partial charge >= 0.3 is 6.09 Å². The van der Waals surface area contributed by atoms with E-state index in [1.165, 1.54) is 4.90 Å². The molecule has 0 aliphatic carbocycles. The molecule has 3 heterocycles. The predicted molar refractivity (Wildman–Crippen MR) is 119 cm³/mol. The lowest BCUT2D eigenvalue weighted by Crippen LogP contribution is -2.38. The fourth-order valence-corrected chi connectivity index (χ4v) is 3.95. The average molecular weight is 497 g/mol. The molecular weight excluding hydrogens is 474 g/mol. The molecule has 1 fully saturated rings. The van der Waals surface area contributed by atoms with E-state index in [4.69, 9.17) is 25.8 Å². The number of rotatable bonds is 1. The van der Waals surface area contributed by atoms with Crippen molar-refractivity contribution in [2.45, 2.75) is 33.0 Å². The molecule has 7 nitrogen and oxygen atoms in total. The fraction of sp³-hybridized carbons (Fsp3) is 0.429. The number of fused-ring (bicyclic) bond motifs is 2. The Bertz CT molecular complexity index is 973. The first-order valence-electron chi connectivity index (χ1n) is 9.70. The van der Waals surface area contributed by atoms with Crippen molar-refractivity contribution in [2.24, 2.45) is 0 Å². The molecule has 160 valence electrons. The fourth-order valence-electron chi connectivity index (χ4n) is 3.47. The summed E-state index contributed by atoms with van der Waals surface area (Å²) in [5.41, 5.74) is 1.63. The van der Waals surface area contributed by atoms with Crippen molar-refractivity contribution in [1.82, 2.24) is 4.98 Å². The van der Waals surface area contributed by atoms with Crippen LogP contribution in [0.25, 0.3) is 0 Å². The minimum absolute atomic E-state index is 0.250. The number of carbonyl (C=O) groups is 1. The van der Waals surface area contributed by atoms with Gasteiger partial charge in [0, 0.05) is 35.5 Å². The van der Waals surface area contributed by atoms with Crippen molar-refractivity contribution >= 4 is 50.8 Å². The predicted octanol–water partition coefficient (Wildman–Crippen LogP) is 5.30. The lowest BCUT2D eigenvalue weighted by molar-refractivity contribution is 0.0598. The first kappa shape index (κ1) is 21.2. The number of amides is 1. The van der Waals surface area contributed by atoms with Gasteiger partial charge < -0.3 is 19.1 Å². The van der Waals surface area contributed by atoms with Gasteiger partial charge in [-0.15, -0.1) is 0 Å². The van der Waals surface area contributed by atoms with Crippen molar-refractivity contribution < 1.29 is 19.0 Å². The first-order chi connectivity index (χ1) is 14.2. The third kappa shape index (κ3) is 4.22. The van der Waals surface area contributed by atoms with E-state index in [1.54, 1.807) is 18.3 Å². The molecule has 0 spiro atoms. The second-order valence-corrected chi connectivity index (χ2v) is 9.33. The Morgan fingerprint density at radius 2 is 1.97 bits per heavy atom. The molecule has 1 aromatic carbocycles. The van der Waals surface area contributed by atoms with E-state index >= 15 is 0 Å². The molecule has 0 bridgehead atoms. The van der Waals surface area contributed by atoms with Crippen molar-refractivity contribution in [3.63, 3.8) is 0 Å². The summed E-state index contributed by atoms with van der Waals surface area (Å²) in [7, 11) is 0. The Hall–Kier alpha value is -2.03. The molecule has 1 amide bonds. The zero-order valence-corrected chi connectivity index (χ0v) is 19.4. The van der Waals surface area contributed by atoms with Crippen molar-refractivity contribution in [3.05, 3.63) is 39.5 Å². The lowest BCUT2D eigenvalue weighted by Gasteiger charge is -2.32. The van der Waals surface area contributed by atoms with Crippen molar-refractivity contribution in [3.8, 4) is 5.75 Å². The standard InChI is InChI=1S/C21H23BrClN3O4/c1-21(2,3)30-20(27)26-17-10-14(22)15(23)11-18(17)29-12-13-16(4-5-24-19(13)26)25-6-8-28-9-7-25/h4-5,10-11H,6-9,12H2,1-3H3. The Balaban J connectivity index is 1.86. The van der Waals surface area contributed by atoms with Gasteiger partial charge in [0.15, 0.2) is 5.82 Å². The van der Waals surface area contributed by atoms with E-state index < -0.39 is 11.7 Å². The van der Waals surface area contributed by atoms with Crippen LogP contribution in [-0.4, -0.2) is 43.0 Å². The number of halogens is 2. The summed E-state index contributed by atoms with van der Waals surface area (Å²) in [6, 6.07) is 5.39. The monoisotopic (exact) mass is 495 g/mol. The highest BCUT2D eigenvalue weighted by Gasteiger charge is 2.34. The molecule has 1 aromatic heterocycles. The maximum atomic E-state index is 13.3. The molecule has 30 heavy (non-hydrogen) atoms. The SMILES string of the molecule is CC(C)(C)OC(=O)N1c2cc(Br)c(Cl)cc2OCc2c(N3CCOCC3)ccnc21. The molecule has 2 aliphatic heterocycles. The van der Waals surface area contributed by atoms with Gasteiger partial charge in [-0.25, -0.2) is 14.7 Å². The number of benzene rings is 1. The summed E-state index contributed by atoms with van der Waals surface area (Å²) < 4.78 is 17.9. The maximum Gasteiger partial charge on any atom is 0.420 e. The smallest absolute Gasteiger partial charge is 0.420 e. The molecule has 0 N–H and O–H groups in total. The number of pyridine rings is 1. The largest absolute Gasteiger partial charge is 0.486 e. The van der Waals surface area contributed by atoms with Gasteiger partial charge in [0.25, 0.3) is 0 Å². The van der Waals surface area contributed by atoms with Crippen LogP contribution in [0.4, 0.5) is 22.0 Å². The maximum absolute atomic E-state index is 13.3. The van der Waals surface area contributed by atoms with Crippen LogP contribution in [-0.2, 0) is 16.1 Å². The van der Waals surface area contributed by atoms with Gasteiger partial charge in [0.05, 0.1) is 29.5 Å². The minimum Gasteiger partial charge on any atom is -0.486 e. The van der Waals surface area contributed by atoms with Gasteiger partial charge in [0.1, 0.15) is 18.0 Å². The van der Waals surface area contributed by atoms with Gasteiger partial charge in [-0.2, -0.15) is 0 Å². The molecule has 0 saturated carbocycles. The molecule has 2 aliphatic rings. The normalized spacial score (nSPS) is 16.3. The number of hydrogen-bond acceptors (Lipinski definition) is 6. The highest BCUT2D eigenvalue weighted by Crippen LogP contribution is 2.45. The molecule has 2 aromatic rings. The summed E-state index contributed by atoms with van der Waals surface area (Å²) in [5, 5.41) is 0.491. The summed E-state index contributed by atoms with van der Waals surface area (Å²) >= 11 is 9.74. The number of aromatic nitrogens is 1. The summed E-state index contributed by atoms with van der Waals surface area (Å²) in [5.74, 6) is 0.973. The third-order valence-corrected chi connectivity index (χ3v) is 5.96. The van der Waals surface area contributed by atoms with E-state index in [1.807, 2.05) is 26.8 Å². The van der Waals surface area contributed by atoms with E-state index in [2.05, 4.69) is 25.8 Å². The zero-order valence-electron chi connectivity index (χ0n) is 17.1. The molecule has 9 heteroatoms. The minimum atomic E-state index is -0.671. The highest BCUT2D eigenvalue weighted by atomic mass is 79.9. The van der Waals surface area contributed by atoms with Crippen LogP contribution in [0, 0.1) is 0 Å². The number of carbonyl (C=O) groups excluding carboxylic acids is 1. The molecule has 0 radical (unpaired) electrons. The van der Waals surface area contributed by atoms with Crippen LogP contribution < -0.4 is 14.5 Å². The van der Waals surface area contributed by atoms with Gasteiger partial charge in [-0.05, 0) is 48.8 Å². The molecule has 1 saturated heterocycles. The number of hydrogen-bond donors (Lipinski definition) is 0. The summed E-state index contributed by atoms with van der Waals surface area (Å²) in [4.78, 5) is 21.5. The van der Waals surface area contributed by atoms with Crippen LogP contribution in [0.2, 0.25) is 5.02 Å². The van der Waals surface area contributed by atoms with E-state index in [0.29, 0.717) is 40.0 Å². The number of morpholine rings is 1. The van der Waals surface area contributed by atoms with Crippen LogP contribution in [0.1, 0.15) is 26.3 Å². The Labute approximate surface area is 189 Å². The topological polar surface area (TPSA) is 64.1 Å². The zero-order chi connectivity index (χ0) is 21.5. The van der Waals surface area contributed by atoms with Crippen LogP contribution in [0.15, 0.2) is 28.9 Å². The Kier molecular flexibility index (Phi) is 5.83. The third-order valence-electron chi connectivity index (χ3n) is 4.76. The van der Waals surface area contributed by atoms with Crippen molar-refractivity contribution in [1.29, 1.82) is 0 Å². The van der Waals surface area contributed by atoms with E-state index in [0.717, 1.165) is 24.3 Å². The highest BCUT2D eigenvalue weighted by molar-refractivity contribution is 9.10. The summed E-state index contributed by atoms with van der Waals surface area (Å²) in [6.45, 7) is 8.55. The number of nitrogens with zero attached hydrogens (tertiary/aromatic N) is 3. The molecular formula is C21H23BrClN3O4. The van der Waals surface area contributed by atoms with E-state index in [9.17, 15) is 4.79 Å². The average Bonchev–Trinajstić information content (AvgIpc) is 2.84. The van der Waals surface area contributed by atoms with Gasteiger partial charge in [-0.1, -0.05) is 11.6 Å². The second kappa shape index (κ2) is 8.24.